The number of carbonyl (C=O) groups is 1. The molecule has 2 aromatic rings. The van der Waals surface area contributed by atoms with Gasteiger partial charge < -0.3 is 54.3 Å². The summed E-state index contributed by atoms with van der Waals surface area (Å²) in [5.74, 6) is -0.0349. The second-order valence-corrected chi connectivity index (χ2v) is 14.6. The molecule has 1 aliphatic rings. The molecule has 1 fully saturated rings. The van der Waals surface area contributed by atoms with Gasteiger partial charge in [-0.05, 0) is 24.1 Å². The second kappa shape index (κ2) is 18.2. The van der Waals surface area contributed by atoms with Crippen LogP contribution in [0.4, 0.5) is 0 Å². The quantitative estimate of drug-likeness (QED) is 0.0772. The molecule has 12 nitrogen and oxygen atoms in total. The molecular formula is C31H44O12S2. The molecule has 0 bridgehead atoms. The van der Waals surface area contributed by atoms with Gasteiger partial charge in [-0.2, -0.15) is 0 Å². The Morgan fingerprint density at radius 3 is 2.24 bits per heavy atom. The number of phenolic OH excluding ortho intramolecular Hbond substituents is 2. The maximum absolute atomic E-state index is 13.3. The monoisotopic (exact) mass is 672 g/mol. The fraction of sp³-hybridized carbons (Fsp3) is 0.581. The van der Waals surface area contributed by atoms with E-state index in [1.54, 1.807) is 22.9 Å². The highest BCUT2D eigenvalue weighted by Crippen LogP contribution is 2.37. The van der Waals surface area contributed by atoms with Gasteiger partial charge in [0.1, 0.15) is 59.6 Å². The van der Waals surface area contributed by atoms with Crippen LogP contribution < -0.4 is 9.47 Å². The molecule has 45 heavy (non-hydrogen) atoms. The zero-order chi connectivity index (χ0) is 33.0. The Morgan fingerprint density at radius 2 is 1.58 bits per heavy atom. The van der Waals surface area contributed by atoms with Crippen molar-refractivity contribution in [2.24, 2.45) is 0 Å². The molecule has 1 saturated heterocycles. The van der Waals surface area contributed by atoms with Gasteiger partial charge in [0, 0.05) is 29.1 Å². The van der Waals surface area contributed by atoms with Crippen LogP contribution in [0.1, 0.15) is 43.1 Å². The van der Waals surface area contributed by atoms with Crippen LogP contribution in [0.3, 0.4) is 0 Å². The van der Waals surface area contributed by atoms with E-state index in [-0.39, 0.29) is 47.2 Å². The van der Waals surface area contributed by atoms with E-state index in [2.05, 4.69) is 20.8 Å². The first-order valence-electron chi connectivity index (χ1n) is 14.6. The van der Waals surface area contributed by atoms with Gasteiger partial charge in [0.2, 0.25) is 6.29 Å². The van der Waals surface area contributed by atoms with Crippen molar-refractivity contribution >= 4 is 27.4 Å². The highest BCUT2D eigenvalue weighted by atomic mass is 33.1. The third kappa shape index (κ3) is 12.1. The van der Waals surface area contributed by atoms with Gasteiger partial charge in [0.15, 0.2) is 5.78 Å². The molecule has 6 N–H and O–H groups in total. The SMILES string of the molecule is CC(C)(C)SSCCOCCOCCOc1cc(O)c(C(=O)CCc2ccc(O)cc2)c(O[C@@H]2O[C@H](CO)[C@@H](O)C(O)[C@H]2O)c1. The van der Waals surface area contributed by atoms with Crippen molar-refractivity contribution in [1.29, 1.82) is 0 Å². The summed E-state index contributed by atoms with van der Waals surface area (Å²) in [5.41, 5.74) is 0.575. The number of ether oxygens (including phenoxy) is 5. The number of hydrogen-bond donors (Lipinski definition) is 6. The van der Waals surface area contributed by atoms with E-state index in [1.165, 1.54) is 24.3 Å². The smallest absolute Gasteiger partial charge is 0.229 e. The summed E-state index contributed by atoms with van der Waals surface area (Å²) in [4.78, 5) is 13.3. The topological polar surface area (TPSA) is 185 Å². The van der Waals surface area contributed by atoms with Gasteiger partial charge in [-0.25, -0.2) is 0 Å². The fourth-order valence-corrected chi connectivity index (χ4v) is 6.36. The summed E-state index contributed by atoms with van der Waals surface area (Å²) < 4.78 is 28.3. The Labute approximate surface area is 271 Å². The Kier molecular flexibility index (Phi) is 15.0. The van der Waals surface area contributed by atoms with Gasteiger partial charge in [-0.15, -0.1) is 0 Å². The summed E-state index contributed by atoms with van der Waals surface area (Å²) in [7, 11) is 3.57. The number of aromatic hydroxyl groups is 2. The molecule has 0 saturated carbocycles. The van der Waals surface area contributed by atoms with Crippen LogP contribution >= 0.6 is 21.6 Å². The average molecular weight is 673 g/mol. The summed E-state index contributed by atoms with van der Waals surface area (Å²) in [6.45, 7) is 7.54. The number of aliphatic hydroxyl groups is 4. The largest absolute Gasteiger partial charge is 0.508 e. The Morgan fingerprint density at radius 1 is 0.911 bits per heavy atom. The number of ketones is 1. The molecule has 0 spiro atoms. The lowest BCUT2D eigenvalue weighted by molar-refractivity contribution is -0.277. The lowest BCUT2D eigenvalue weighted by Crippen LogP contribution is -2.60. The van der Waals surface area contributed by atoms with Crippen molar-refractivity contribution < 1.29 is 59.1 Å². The summed E-state index contributed by atoms with van der Waals surface area (Å²) in [5, 5.41) is 60.7. The van der Waals surface area contributed by atoms with Crippen molar-refractivity contribution in [2.75, 3.05) is 45.4 Å². The molecule has 0 radical (unpaired) electrons. The average Bonchev–Trinajstić information content (AvgIpc) is 2.99. The van der Waals surface area contributed by atoms with Crippen LogP contribution in [0.15, 0.2) is 36.4 Å². The standard InChI is InChI=1S/C31H44O12S2/c1-31(2,3)45-44-15-14-40-11-10-39-12-13-41-21-16-23(35)26(22(34)9-6-19-4-7-20(33)8-5-19)24(17-21)42-30-29(38)28(37)27(36)25(18-32)43-30/h4-5,7-8,16-17,25,27-30,32-33,35-38H,6,9-15,18H2,1-3H3/t25-,27-,28?,29-,30-/m1/s1. The molecule has 252 valence electrons. The first kappa shape index (κ1) is 37.2. The van der Waals surface area contributed by atoms with Crippen LogP contribution in [0, 0.1) is 0 Å². The molecule has 1 unspecified atom stereocenters. The van der Waals surface area contributed by atoms with E-state index >= 15 is 0 Å². The maximum atomic E-state index is 13.3. The van der Waals surface area contributed by atoms with Gasteiger partial charge in [0.05, 0.1) is 33.0 Å². The van der Waals surface area contributed by atoms with Crippen LogP contribution in [-0.4, -0.2) is 117 Å². The number of phenols is 2. The number of aryl methyl sites for hydroxylation is 1. The summed E-state index contributed by atoms with van der Waals surface area (Å²) >= 11 is 0. The Hall–Kier alpha value is -2.27. The number of aliphatic hydroxyl groups excluding tert-OH is 4. The highest BCUT2D eigenvalue weighted by Gasteiger charge is 2.45. The van der Waals surface area contributed by atoms with E-state index in [0.29, 0.717) is 26.2 Å². The molecule has 0 amide bonds. The highest BCUT2D eigenvalue weighted by molar-refractivity contribution is 8.77. The predicted octanol–water partition coefficient (Wildman–Crippen LogP) is 2.68. The number of rotatable bonds is 18. The lowest BCUT2D eigenvalue weighted by Gasteiger charge is -2.39. The first-order valence-corrected chi connectivity index (χ1v) is 17.0. The predicted molar refractivity (Wildman–Crippen MR) is 170 cm³/mol. The van der Waals surface area contributed by atoms with Crippen molar-refractivity contribution in [3.8, 4) is 23.0 Å². The Balaban J connectivity index is 1.61. The molecule has 5 atom stereocenters. The zero-order valence-corrected chi connectivity index (χ0v) is 27.3. The molecule has 14 heteroatoms. The maximum Gasteiger partial charge on any atom is 0.229 e. The van der Waals surface area contributed by atoms with Gasteiger partial charge in [-0.3, -0.25) is 4.79 Å². The number of carbonyl (C=O) groups excluding carboxylic acids is 1. The molecule has 1 heterocycles. The number of Topliss-reactive ketones (excluding diaryl/α,β-unsaturated/α-hetero) is 1. The number of hydrogen-bond acceptors (Lipinski definition) is 14. The van der Waals surface area contributed by atoms with Gasteiger partial charge in [0.25, 0.3) is 0 Å². The minimum absolute atomic E-state index is 0.0341. The van der Waals surface area contributed by atoms with Gasteiger partial charge >= 0.3 is 0 Å². The summed E-state index contributed by atoms with van der Waals surface area (Å²) in [6, 6.07) is 8.94. The van der Waals surface area contributed by atoms with Crippen molar-refractivity contribution in [2.45, 2.75) is 69.1 Å². The van der Waals surface area contributed by atoms with Crippen molar-refractivity contribution in [3.63, 3.8) is 0 Å². The van der Waals surface area contributed by atoms with Crippen molar-refractivity contribution in [3.05, 3.63) is 47.5 Å². The van der Waals surface area contributed by atoms with Crippen LogP contribution in [0.5, 0.6) is 23.0 Å². The van der Waals surface area contributed by atoms with Crippen LogP contribution in [0.25, 0.3) is 0 Å². The minimum atomic E-state index is -1.74. The zero-order valence-electron chi connectivity index (χ0n) is 25.7. The second-order valence-electron chi connectivity index (χ2n) is 11.3. The molecule has 3 rings (SSSR count). The molecular weight excluding hydrogens is 628 g/mol. The fourth-order valence-electron chi connectivity index (χ4n) is 4.22. The lowest BCUT2D eigenvalue weighted by atomic mass is 9.99. The van der Waals surface area contributed by atoms with E-state index in [1.807, 2.05) is 10.8 Å². The molecule has 0 aliphatic carbocycles. The van der Waals surface area contributed by atoms with Crippen LogP contribution in [-0.2, 0) is 20.6 Å². The van der Waals surface area contributed by atoms with Crippen molar-refractivity contribution in [1.82, 2.24) is 0 Å². The van der Waals surface area contributed by atoms with Gasteiger partial charge in [-0.1, -0.05) is 54.5 Å². The summed E-state index contributed by atoms with van der Waals surface area (Å²) in [6.07, 6.45) is -7.61. The number of benzene rings is 2. The normalized spacial score (nSPS) is 21.9. The minimum Gasteiger partial charge on any atom is -0.508 e. The van der Waals surface area contributed by atoms with E-state index < -0.39 is 48.8 Å². The molecule has 2 aromatic carbocycles. The third-order valence-corrected chi connectivity index (χ3v) is 9.80. The van der Waals surface area contributed by atoms with E-state index in [9.17, 15) is 35.4 Å². The van der Waals surface area contributed by atoms with E-state index in [0.717, 1.165) is 11.3 Å². The first-order chi connectivity index (χ1) is 21.4. The third-order valence-electron chi connectivity index (χ3n) is 6.49. The van der Waals surface area contributed by atoms with E-state index in [4.69, 9.17) is 23.7 Å². The van der Waals surface area contributed by atoms with Crippen LogP contribution in [0.2, 0.25) is 0 Å². The molecule has 1 aliphatic heterocycles. The molecule has 0 aromatic heterocycles. The Bertz CT molecular complexity index is 1190.